The molecule has 2 aromatic rings. The molecule has 1 unspecified atom stereocenters. The van der Waals surface area contributed by atoms with Gasteiger partial charge in [-0.1, -0.05) is 63.8 Å². The van der Waals surface area contributed by atoms with E-state index >= 15 is 0 Å². The van der Waals surface area contributed by atoms with Crippen LogP contribution in [0, 0.1) is 5.92 Å². The number of benzene rings is 2. The van der Waals surface area contributed by atoms with Gasteiger partial charge in [0.25, 0.3) is 0 Å². The van der Waals surface area contributed by atoms with E-state index in [0.717, 1.165) is 0 Å². The van der Waals surface area contributed by atoms with Gasteiger partial charge < -0.3 is 9.80 Å². The number of anilines is 2. The Bertz CT molecular complexity index is 604. The molecule has 0 aliphatic carbocycles. The maximum Gasteiger partial charge on any atom is 0.0361 e. The molecule has 0 fully saturated rings. The van der Waals surface area contributed by atoms with Crippen molar-refractivity contribution in [1.29, 1.82) is 0 Å². The summed E-state index contributed by atoms with van der Waals surface area (Å²) in [6.07, 6.45) is 6.63. The lowest BCUT2D eigenvalue weighted by molar-refractivity contribution is 0.445. The van der Waals surface area contributed by atoms with Crippen LogP contribution in [-0.2, 0) is 0 Å². The van der Waals surface area contributed by atoms with Crippen molar-refractivity contribution < 1.29 is 0 Å². The van der Waals surface area contributed by atoms with E-state index in [0.29, 0.717) is 11.8 Å². The van der Waals surface area contributed by atoms with Crippen molar-refractivity contribution in [2.24, 2.45) is 5.92 Å². The quantitative estimate of drug-likeness (QED) is 0.439. The van der Waals surface area contributed by atoms with Crippen molar-refractivity contribution in [2.45, 2.75) is 51.9 Å². The van der Waals surface area contributed by atoms with Gasteiger partial charge in [-0.15, -0.1) is 0 Å². The predicted molar refractivity (Wildman–Crippen MR) is 121 cm³/mol. The van der Waals surface area contributed by atoms with Gasteiger partial charge >= 0.3 is 0 Å². The maximum absolute atomic E-state index is 2.43. The molecule has 0 saturated carbocycles. The highest BCUT2D eigenvalue weighted by atomic mass is 15.1. The molecule has 2 nitrogen and oxygen atoms in total. The third kappa shape index (κ3) is 6.02. The highest BCUT2D eigenvalue weighted by Crippen LogP contribution is 2.36. The number of rotatable bonds is 10. The molecule has 0 saturated heterocycles. The summed E-state index contributed by atoms with van der Waals surface area (Å²) in [5, 5.41) is 0. The van der Waals surface area contributed by atoms with Gasteiger partial charge in [-0.3, -0.25) is 0 Å². The zero-order chi connectivity index (χ0) is 19.8. The van der Waals surface area contributed by atoms with E-state index in [-0.39, 0.29) is 0 Å². The molecule has 0 aliphatic heterocycles. The highest BCUT2D eigenvalue weighted by molar-refractivity contribution is 5.50. The average Bonchev–Trinajstić information content (AvgIpc) is 2.66. The number of nitrogens with zero attached hydrogens (tertiary/aromatic N) is 2. The summed E-state index contributed by atoms with van der Waals surface area (Å²) in [4.78, 5) is 4.33. The topological polar surface area (TPSA) is 6.48 Å². The summed E-state index contributed by atoms with van der Waals surface area (Å²) in [5.41, 5.74) is 5.38. The molecule has 0 aromatic heterocycles. The molecule has 2 heteroatoms. The normalized spacial score (nSPS) is 12.3. The second-order valence-corrected chi connectivity index (χ2v) is 8.28. The summed E-state index contributed by atoms with van der Waals surface area (Å²) in [5.74, 6) is 1.09. The van der Waals surface area contributed by atoms with E-state index in [9.17, 15) is 0 Å². The smallest absolute Gasteiger partial charge is 0.0361 e. The monoisotopic (exact) mass is 366 g/mol. The van der Waals surface area contributed by atoms with Crippen LogP contribution in [0.3, 0.4) is 0 Å². The first-order valence-corrected chi connectivity index (χ1v) is 10.5. The van der Waals surface area contributed by atoms with Crippen LogP contribution in [0.4, 0.5) is 11.4 Å². The van der Waals surface area contributed by atoms with Gasteiger partial charge in [-0.25, -0.2) is 0 Å². The fraction of sp³-hybridized carbons (Fsp3) is 0.520. The summed E-state index contributed by atoms with van der Waals surface area (Å²) in [6.45, 7) is 4.71. The van der Waals surface area contributed by atoms with E-state index < -0.39 is 0 Å². The SMILES string of the molecule is CCCCCCC(C)C(c1ccc(N(C)C)cc1)c1ccc(N(C)C)cc1. The Hall–Kier alpha value is -1.96. The zero-order valence-electron chi connectivity index (χ0n) is 18.2. The molecule has 0 heterocycles. The first-order valence-electron chi connectivity index (χ1n) is 10.5. The Kier molecular flexibility index (Phi) is 8.22. The van der Waals surface area contributed by atoms with E-state index in [2.05, 4.69) is 100 Å². The minimum Gasteiger partial charge on any atom is -0.378 e. The Morgan fingerprint density at radius 1 is 0.667 bits per heavy atom. The van der Waals surface area contributed by atoms with Crippen LogP contribution in [-0.4, -0.2) is 28.2 Å². The van der Waals surface area contributed by atoms with Crippen molar-refractivity contribution in [3.8, 4) is 0 Å². The van der Waals surface area contributed by atoms with E-state index in [1.54, 1.807) is 0 Å². The fourth-order valence-electron chi connectivity index (χ4n) is 3.87. The largest absolute Gasteiger partial charge is 0.378 e. The first-order chi connectivity index (χ1) is 12.9. The molecule has 0 spiro atoms. The van der Waals surface area contributed by atoms with Gasteiger partial charge in [-0.2, -0.15) is 0 Å². The maximum atomic E-state index is 2.43. The van der Waals surface area contributed by atoms with Crippen molar-refractivity contribution >= 4 is 11.4 Å². The van der Waals surface area contributed by atoms with E-state index in [1.807, 2.05) is 0 Å². The van der Waals surface area contributed by atoms with Gasteiger partial charge in [-0.05, 0) is 47.7 Å². The Morgan fingerprint density at radius 3 is 1.48 bits per heavy atom. The van der Waals surface area contributed by atoms with Gasteiger partial charge in [0.15, 0.2) is 0 Å². The Morgan fingerprint density at radius 2 is 1.11 bits per heavy atom. The minimum absolute atomic E-state index is 0.457. The molecular formula is C25H38N2. The first kappa shape index (κ1) is 21.3. The van der Waals surface area contributed by atoms with Crippen LogP contribution >= 0.6 is 0 Å². The lowest BCUT2D eigenvalue weighted by atomic mass is 9.79. The zero-order valence-corrected chi connectivity index (χ0v) is 18.2. The Balaban J connectivity index is 2.26. The van der Waals surface area contributed by atoms with Crippen molar-refractivity contribution in [2.75, 3.05) is 38.0 Å². The second kappa shape index (κ2) is 10.4. The molecule has 0 bridgehead atoms. The summed E-state index contributed by atoms with van der Waals surface area (Å²) >= 11 is 0. The summed E-state index contributed by atoms with van der Waals surface area (Å²) in [7, 11) is 8.40. The molecule has 0 N–H and O–H groups in total. The summed E-state index contributed by atoms with van der Waals surface area (Å²) < 4.78 is 0. The third-order valence-corrected chi connectivity index (χ3v) is 5.62. The molecule has 0 amide bonds. The van der Waals surface area contributed by atoms with Gasteiger partial charge in [0, 0.05) is 45.5 Å². The van der Waals surface area contributed by atoms with Gasteiger partial charge in [0.1, 0.15) is 0 Å². The number of hydrogen-bond donors (Lipinski definition) is 0. The second-order valence-electron chi connectivity index (χ2n) is 8.28. The lowest BCUT2D eigenvalue weighted by Gasteiger charge is -2.26. The fourth-order valence-corrected chi connectivity index (χ4v) is 3.87. The standard InChI is InChI=1S/C25H38N2/c1-7-8-9-10-11-20(2)25(21-12-16-23(17-13-21)26(3)4)22-14-18-24(19-15-22)27(5)6/h12-20,25H,7-11H2,1-6H3. The van der Waals surface area contributed by atoms with Crippen LogP contribution in [0.25, 0.3) is 0 Å². The summed E-state index contributed by atoms with van der Waals surface area (Å²) in [6, 6.07) is 18.3. The number of hydrogen-bond acceptors (Lipinski definition) is 2. The minimum atomic E-state index is 0.457. The molecule has 0 aliphatic rings. The highest BCUT2D eigenvalue weighted by Gasteiger charge is 2.21. The molecule has 0 radical (unpaired) electrons. The average molecular weight is 367 g/mol. The van der Waals surface area contributed by atoms with Crippen LogP contribution < -0.4 is 9.80 Å². The van der Waals surface area contributed by atoms with Crippen molar-refractivity contribution in [1.82, 2.24) is 0 Å². The van der Waals surface area contributed by atoms with Crippen LogP contribution in [0.5, 0.6) is 0 Å². The van der Waals surface area contributed by atoms with E-state index in [1.165, 1.54) is 54.6 Å². The molecule has 148 valence electrons. The van der Waals surface area contributed by atoms with E-state index in [4.69, 9.17) is 0 Å². The lowest BCUT2D eigenvalue weighted by Crippen LogP contribution is -2.14. The van der Waals surface area contributed by atoms with Crippen LogP contribution in [0.15, 0.2) is 48.5 Å². The molecule has 2 aromatic carbocycles. The van der Waals surface area contributed by atoms with Crippen molar-refractivity contribution in [3.05, 3.63) is 59.7 Å². The molecule has 2 rings (SSSR count). The Labute approximate surface area is 167 Å². The third-order valence-electron chi connectivity index (χ3n) is 5.62. The van der Waals surface area contributed by atoms with Gasteiger partial charge in [0.2, 0.25) is 0 Å². The molecule has 27 heavy (non-hydrogen) atoms. The van der Waals surface area contributed by atoms with Crippen LogP contribution in [0.1, 0.15) is 63.0 Å². The molecular weight excluding hydrogens is 328 g/mol. The predicted octanol–water partition coefficient (Wildman–Crippen LogP) is 6.56. The molecule has 1 atom stereocenters. The van der Waals surface area contributed by atoms with Gasteiger partial charge in [0.05, 0.1) is 0 Å². The van der Waals surface area contributed by atoms with Crippen LogP contribution in [0.2, 0.25) is 0 Å². The number of unbranched alkanes of at least 4 members (excludes halogenated alkanes) is 3. The van der Waals surface area contributed by atoms with Crippen molar-refractivity contribution in [3.63, 3.8) is 0 Å².